The van der Waals surface area contributed by atoms with Crippen LogP contribution in [0, 0.1) is 5.41 Å². The molecule has 0 radical (unpaired) electrons. The lowest BCUT2D eigenvalue weighted by Gasteiger charge is -2.38. The van der Waals surface area contributed by atoms with Gasteiger partial charge in [0.1, 0.15) is 0 Å². The fraction of sp³-hybridized carbons (Fsp3) is 0.923. The third kappa shape index (κ3) is 4.64. The molecular formula is C13H26N2O2. The molecular weight excluding hydrogens is 216 g/mol. The van der Waals surface area contributed by atoms with Crippen LogP contribution in [0.4, 0.5) is 0 Å². The first kappa shape index (κ1) is 14.5. The summed E-state index contributed by atoms with van der Waals surface area (Å²) in [5, 5.41) is 0. The average molecular weight is 242 g/mol. The van der Waals surface area contributed by atoms with Crippen molar-refractivity contribution in [2.45, 2.75) is 52.7 Å². The Morgan fingerprint density at radius 2 is 2.12 bits per heavy atom. The second-order valence-electron chi connectivity index (χ2n) is 6.15. The maximum atomic E-state index is 12.1. The van der Waals surface area contributed by atoms with E-state index >= 15 is 0 Å². The van der Waals surface area contributed by atoms with Crippen LogP contribution >= 0.6 is 0 Å². The van der Waals surface area contributed by atoms with Crippen LogP contribution in [-0.4, -0.2) is 42.6 Å². The Labute approximate surface area is 104 Å². The molecule has 2 atom stereocenters. The normalized spacial score (nSPS) is 26.1. The largest absolute Gasteiger partial charge is 0.373 e. The molecule has 17 heavy (non-hydrogen) atoms. The molecule has 0 aromatic heterocycles. The van der Waals surface area contributed by atoms with Gasteiger partial charge in [-0.05, 0) is 18.8 Å². The Morgan fingerprint density at radius 3 is 2.65 bits per heavy atom. The summed E-state index contributed by atoms with van der Waals surface area (Å²) in [5.41, 5.74) is 5.80. The Hall–Kier alpha value is -0.610. The molecule has 0 bridgehead atoms. The Bertz CT molecular complexity index is 261. The summed E-state index contributed by atoms with van der Waals surface area (Å²) in [7, 11) is 0. The van der Waals surface area contributed by atoms with Crippen molar-refractivity contribution in [2.75, 3.05) is 19.7 Å². The molecule has 1 fully saturated rings. The molecule has 2 unspecified atom stereocenters. The summed E-state index contributed by atoms with van der Waals surface area (Å²) < 4.78 is 5.55. The minimum atomic E-state index is 0.00443. The van der Waals surface area contributed by atoms with E-state index in [0.717, 1.165) is 6.42 Å². The van der Waals surface area contributed by atoms with Crippen LogP contribution in [0.25, 0.3) is 0 Å². The van der Waals surface area contributed by atoms with Gasteiger partial charge in [-0.3, -0.25) is 4.79 Å². The van der Waals surface area contributed by atoms with Gasteiger partial charge in [0.25, 0.3) is 0 Å². The monoisotopic (exact) mass is 242 g/mol. The molecule has 0 aromatic carbocycles. The van der Waals surface area contributed by atoms with Gasteiger partial charge < -0.3 is 15.4 Å². The van der Waals surface area contributed by atoms with Gasteiger partial charge in [0.15, 0.2) is 0 Å². The van der Waals surface area contributed by atoms with E-state index in [1.165, 1.54) is 0 Å². The number of rotatable bonds is 3. The highest BCUT2D eigenvalue weighted by atomic mass is 16.5. The van der Waals surface area contributed by atoms with Gasteiger partial charge in [-0.2, -0.15) is 0 Å². The highest BCUT2D eigenvalue weighted by Crippen LogP contribution is 2.22. The summed E-state index contributed by atoms with van der Waals surface area (Å²) in [6.07, 6.45) is 1.54. The third-order valence-corrected chi connectivity index (χ3v) is 3.18. The number of carbonyl (C=O) groups is 1. The lowest BCUT2D eigenvalue weighted by Crippen LogP contribution is -2.53. The van der Waals surface area contributed by atoms with Crippen LogP contribution in [0.5, 0.6) is 0 Å². The first-order chi connectivity index (χ1) is 7.83. The van der Waals surface area contributed by atoms with Gasteiger partial charge in [0.05, 0.1) is 18.8 Å². The number of amides is 1. The molecule has 1 amide bonds. The predicted molar refractivity (Wildman–Crippen MR) is 68.7 cm³/mol. The SMILES string of the molecule is CC1COC(CN)CN1C(=O)CCC(C)(C)C. The van der Waals surface area contributed by atoms with Crippen molar-refractivity contribution in [3.63, 3.8) is 0 Å². The van der Waals surface area contributed by atoms with E-state index in [2.05, 4.69) is 20.8 Å². The predicted octanol–water partition coefficient (Wildman–Crippen LogP) is 1.39. The molecule has 0 aromatic rings. The van der Waals surface area contributed by atoms with Gasteiger partial charge in [-0.15, -0.1) is 0 Å². The molecule has 100 valence electrons. The van der Waals surface area contributed by atoms with Crippen LogP contribution < -0.4 is 5.73 Å². The summed E-state index contributed by atoms with van der Waals surface area (Å²) in [4.78, 5) is 14.1. The standard InChI is InChI=1S/C13H26N2O2/c1-10-9-17-11(7-14)8-15(10)12(16)5-6-13(2,3)4/h10-11H,5-9,14H2,1-4H3. The van der Waals surface area contributed by atoms with Crippen LogP contribution in [0.3, 0.4) is 0 Å². The molecule has 4 nitrogen and oxygen atoms in total. The number of nitrogens with two attached hydrogens (primary N) is 1. The van der Waals surface area contributed by atoms with Crippen LogP contribution in [0.15, 0.2) is 0 Å². The van der Waals surface area contributed by atoms with E-state index in [-0.39, 0.29) is 23.5 Å². The lowest BCUT2D eigenvalue weighted by atomic mass is 9.90. The molecule has 0 spiro atoms. The minimum absolute atomic E-state index is 0.00443. The molecule has 0 aliphatic carbocycles. The molecule has 1 aliphatic heterocycles. The number of ether oxygens (including phenoxy) is 1. The Morgan fingerprint density at radius 1 is 1.47 bits per heavy atom. The van der Waals surface area contributed by atoms with Crippen molar-refractivity contribution in [3.8, 4) is 0 Å². The average Bonchev–Trinajstić information content (AvgIpc) is 2.25. The number of nitrogens with zero attached hydrogens (tertiary/aromatic N) is 1. The van der Waals surface area contributed by atoms with Gasteiger partial charge in [0.2, 0.25) is 5.91 Å². The van der Waals surface area contributed by atoms with Crippen molar-refractivity contribution < 1.29 is 9.53 Å². The first-order valence-electron chi connectivity index (χ1n) is 6.44. The Kier molecular flexibility index (Phi) is 4.95. The van der Waals surface area contributed by atoms with E-state index in [4.69, 9.17) is 10.5 Å². The van der Waals surface area contributed by atoms with Crippen LogP contribution in [0.1, 0.15) is 40.5 Å². The fourth-order valence-electron chi connectivity index (χ4n) is 1.93. The third-order valence-electron chi connectivity index (χ3n) is 3.18. The molecule has 1 saturated heterocycles. The zero-order chi connectivity index (χ0) is 13.1. The smallest absolute Gasteiger partial charge is 0.222 e. The first-order valence-corrected chi connectivity index (χ1v) is 6.44. The molecule has 1 rings (SSSR count). The second kappa shape index (κ2) is 5.83. The molecule has 4 heteroatoms. The molecule has 1 heterocycles. The van der Waals surface area contributed by atoms with Crippen molar-refractivity contribution in [1.82, 2.24) is 4.90 Å². The van der Waals surface area contributed by atoms with Crippen LogP contribution in [0.2, 0.25) is 0 Å². The van der Waals surface area contributed by atoms with Gasteiger partial charge >= 0.3 is 0 Å². The van der Waals surface area contributed by atoms with Crippen LogP contribution in [-0.2, 0) is 9.53 Å². The Balaban J connectivity index is 2.49. The quantitative estimate of drug-likeness (QED) is 0.813. The summed E-state index contributed by atoms with van der Waals surface area (Å²) in [6, 6.07) is 0.172. The molecule has 2 N–H and O–H groups in total. The van der Waals surface area contributed by atoms with Gasteiger partial charge in [0, 0.05) is 19.5 Å². The van der Waals surface area contributed by atoms with E-state index in [9.17, 15) is 4.79 Å². The molecule has 0 saturated carbocycles. The van der Waals surface area contributed by atoms with Gasteiger partial charge in [-0.1, -0.05) is 20.8 Å². The van der Waals surface area contributed by atoms with E-state index in [0.29, 0.717) is 26.1 Å². The topological polar surface area (TPSA) is 55.6 Å². The maximum Gasteiger partial charge on any atom is 0.222 e. The van der Waals surface area contributed by atoms with Gasteiger partial charge in [-0.25, -0.2) is 0 Å². The van der Waals surface area contributed by atoms with E-state index in [1.54, 1.807) is 0 Å². The van der Waals surface area contributed by atoms with E-state index in [1.807, 2.05) is 11.8 Å². The fourth-order valence-corrected chi connectivity index (χ4v) is 1.93. The summed E-state index contributed by atoms with van der Waals surface area (Å²) in [6.45, 7) is 10.2. The minimum Gasteiger partial charge on any atom is -0.373 e. The van der Waals surface area contributed by atoms with Crippen molar-refractivity contribution in [2.24, 2.45) is 11.1 Å². The summed E-state index contributed by atoms with van der Waals surface area (Å²) in [5.74, 6) is 0.231. The zero-order valence-corrected chi connectivity index (χ0v) is 11.5. The number of hydrogen-bond donors (Lipinski definition) is 1. The van der Waals surface area contributed by atoms with Crippen molar-refractivity contribution in [3.05, 3.63) is 0 Å². The highest BCUT2D eigenvalue weighted by Gasteiger charge is 2.29. The van der Waals surface area contributed by atoms with E-state index < -0.39 is 0 Å². The van der Waals surface area contributed by atoms with Crippen molar-refractivity contribution in [1.29, 1.82) is 0 Å². The second-order valence-corrected chi connectivity index (χ2v) is 6.15. The maximum absolute atomic E-state index is 12.1. The lowest BCUT2D eigenvalue weighted by molar-refractivity contribution is -0.144. The molecule has 1 aliphatic rings. The number of morpholine rings is 1. The zero-order valence-electron chi connectivity index (χ0n) is 11.5. The summed E-state index contributed by atoms with van der Waals surface area (Å²) >= 11 is 0. The number of carbonyl (C=O) groups excluding carboxylic acids is 1. The highest BCUT2D eigenvalue weighted by molar-refractivity contribution is 5.76. The number of hydrogen-bond acceptors (Lipinski definition) is 3. The van der Waals surface area contributed by atoms with Crippen molar-refractivity contribution >= 4 is 5.91 Å².